The van der Waals surface area contributed by atoms with Gasteiger partial charge in [-0.25, -0.2) is 5.43 Å². The molecule has 1 heterocycles. The highest BCUT2D eigenvalue weighted by molar-refractivity contribution is 5.99. The van der Waals surface area contributed by atoms with E-state index in [1.807, 2.05) is 43.3 Å². The molecule has 1 amide bonds. The van der Waals surface area contributed by atoms with Gasteiger partial charge in [-0.2, -0.15) is 5.10 Å². The summed E-state index contributed by atoms with van der Waals surface area (Å²) in [6, 6.07) is 13.5. The zero-order valence-corrected chi connectivity index (χ0v) is 18.0. The SMILES string of the molecule is COc1cccc(NCC(=O)N/N=C(/C)c2ccc(OC)c(C[NH+]3CCCC3)c2)c1. The molecule has 1 aliphatic heterocycles. The molecule has 0 spiro atoms. The topological polar surface area (TPSA) is 76.4 Å². The highest BCUT2D eigenvalue weighted by Gasteiger charge is 2.18. The molecule has 2 aromatic rings. The minimum absolute atomic E-state index is 0.121. The molecule has 3 N–H and O–H groups in total. The van der Waals surface area contributed by atoms with Gasteiger partial charge in [-0.15, -0.1) is 0 Å². The predicted octanol–water partition coefficient (Wildman–Crippen LogP) is 1.83. The van der Waals surface area contributed by atoms with Crippen LogP contribution in [0, 0.1) is 0 Å². The number of nitrogens with one attached hydrogen (secondary N) is 3. The molecule has 7 heteroatoms. The Morgan fingerprint density at radius 1 is 1.10 bits per heavy atom. The summed E-state index contributed by atoms with van der Waals surface area (Å²) < 4.78 is 10.7. The first-order valence-corrected chi connectivity index (χ1v) is 10.3. The highest BCUT2D eigenvalue weighted by atomic mass is 16.5. The second-order valence-electron chi connectivity index (χ2n) is 7.48. The number of nitrogens with zero attached hydrogens (tertiary/aromatic N) is 1. The van der Waals surface area contributed by atoms with E-state index < -0.39 is 0 Å². The van der Waals surface area contributed by atoms with Crippen LogP contribution in [-0.4, -0.2) is 45.5 Å². The summed E-state index contributed by atoms with van der Waals surface area (Å²) in [5.41, 5.74) is 6.34. The monoisotopic (exact) mass is 411 g/mol. The second kappa shape index (κ2) is 10.6. The van der Waals surface area contributed by atoms with E-state index in [0.29, 0.717) is 0 Å². The predicted molar refractivity (Wildman–Crippen MR) is 118 cm³/mol. The number of hydrogen-bond donors (Lipinski definition) is 3. The van der Waals surface area contributed by atoms with Crippen LogP contribution >= 0.6 is 0 Å². The summed E-state index contributed by atoms with van der Waals surface area (Å²) in [5, 5.41) is 7.34. The van der Waals surface area contributed by atoms with Gasteiger partial charge in [0.25, 0.3) is 5.91 Å². The fourth-order valence-corrected chi connectivity index (χ4v) is 3.63. The molecule has 160 valence electrons. The fraction of sp³-hybridized carbons (Fsp3) is 0.391. The van der Waals surface area contributed by atoms with E-state index in [4.69, 9.17) is 9.47 Å². The molecule has 2 aromatic carbocycles. The van der Waals surface area contributed by atoms with Crippen molar-refractivity contribution in [3.8, 4) is 11.5 Å². The summed E-state index contributed by atoms with van der Waals surface area (Å²) in [6.07, 6.45) is 2.57. The van der Waals surface area contributed by atoms with Crippen molar-refractivity contribution in [3.63, 3.8) is 0 Å². The van der Waals surface area contributed by atoms with Crippen molar-refractivity contribution in [1.29, 1.82) is 0 Å². The molecule has 3 rings (SSSR count). The molecule has 1 aliphatic rings. The quantitative estimate of drug-likeness (QED) is 0.435. The smallest absolute Gasteiger partial charge is 0.259 e. The van der Waals surface area contributed by atoms with Crippen LogP contribution in [0.5, 0.6) is 11.5 Å². The minimum Gasteiger partial charge on any atom is -0.497 e. The Kier molecular flexibility index (Phi) is 7.68. The van der Waals surface area contributed by atoms with E-state index in [9.17, 15) is 4.79 Å². The van der Waals surface area contributed by atoms with E-state index in [2.05, 4.69) is 21.9 Å². The van der Waals surface area contributed by atoms with E-state index in [-0.39, 0.29) is 12.5 Å². The van der Waals surface area contributed by atoms with Gasteiger partial charge in [0, 0.05) is 30.2 Å². The van der Waals surface area contributed by atoms with Gasteiger partial charge in [-0.3, -0.25) is 4.79 Å². The fourth-order valence-electron chi connectivity index (χ4n) is 3.63. The van der Waals surface area contributed by atoms with Crippen LogP contribution < -0.4 is 25.1 Å². The third-order valence-electron chi connectivity index (χ3n) is 5.32. The number of carbonyl (C=O) groups excluding carboxylic acids is 1. The zero-order valence-electron chi connectivity index (χ0n) is 18.0. The Labute approximate surface area is 178 Å². The van der Waals surface area contributed by atoms with E-state index in [0.717, 1.165) is 35.0 Å². The van der Waals surface area contributed by atoms with Crippen molar-refractivity contribution >= 4 is 17.3 Å². The first kappa shape index (κ1) is 21.6. The Morgan fingerprint density at radius 3 is 2.63 bits per heavy atom. The maximum Gasteiger partial charge on any atom is 0.259 e. The lowest BCUT2D eigenvalue weighted by atomic mass is 10.1. The first-order chi connectivity index (χ1) is 14.6. The Bertz CT molecular complexity index is 892. The summed E-state index contributed by atoms with van der Waals surface area (Å²) in [5.74, 6) is 1.42. The molecule has 1 fully saturated rings. The molecular formula is C23H31N4O3+. The standard InChI is InChI=1S/C23H30N4O3/c1-17(25-26-23(28)15-24-20-7-6-8-21(14-20)29-2)18-9-10-22(30-3)19(13-18)16-27-11-4-5-12-27/h6-10,13-14,24H,4-5,11-12,15-16H2,1-3H3,(H,26,28)/p+1/b25-17-. The number of ether oxygens (including phenoxy) is 2. The largest absolute Gasteiger partial charge is 0.497 e. The molecule has 7 nitrogen and oxygen atoms in total. The van der Waals surface area contributed by atoms with Crippen LogP contribution in [-0.2, 0) is 11.3 Å². The van der Waals surface area contributed by atoms with Crippen LogP contribution in [0.3, 0.4) is 0 Å². The van der Waals surface area contributed by atoms with Crippen molar-refractivity contribution in [1.82, 2.24) is 5.43 Å². The van der Waals surface area contributed by atoms with Crippen molar-refractivity contribution < 1.29 is 19.2 Å². The molecule has 0 bridgehead atoms. The van der Waals surface area contributed by atoms with Gasteiger partial charge >= 0.3 is 0 Å². The zero-order chi connectivity index (χ0) is 21.3. The summed E-state index contributed by atoms with van der Waals surface area (Å²) in [4.78, 5) is 13.7. The normalized spacial score (nSPS) is 14.4. The summed E-state index contributed by atoms with van der Waals surface area (Å²) in [6.45, 7) is 5.37. The van der Waals surface area contributed by atoms with Crippen LogP contribution in [0.25, 0.3) is 0 Å². The molecular weight excluding hydrogens is 380 g/mol. The number of hydrogen-bond acceptors (Lipinski definition) is 5. The average Bonchev–Trinajstić information content (AvgIpc) is 3.29. The lowest BCUT2D eigenvalue weighted by molar-refractivity contribution is -0.901. The number of quaternary nitrogens is 1. The first-order valence-electron chi connectivity index (χ1n) is 10.3. The Hall–Kier alpha value is -3.06. The number of methoxy groups -OCH3 is 2. The van der Waals surface area contributed by atoms with E-state index in [1.54, 1.807) is 19.1 Å². The molecule has 30 heavy (non-hydrogen) atoms. The maximum atomic E-state index is 12.2. The van der Waals surface area contributed by atoms with Gasteiger partial charge in [0.05, 0.1) is 39.6 Å². The van der Waals surface area contributed by atoms with Gasteiger partial charge in [0.1, 0.15) is 18.0 Å². The molecule has 1 saturated heterocycles. The molecule has 0 aromatic heterocycles. The van der Waals surface area contributed by atoms with E-state index >= 15 is 0 Å². The molecule has 0 radical (unpaired) electrons. The highest BCUT2D eigenvalue weighted by Crippen LogP contribution is 2.20. The number of rotatable bonds is 9. The van der Waals surface area contributed by atoms with Crippen molar-refractivity contribution in [3.05, 3.63) is 53.6 Å². The second-order valence-corrected chi connectivity index (χ2v) is 7.48. The third-order valence-corrected chi connectivity index (χ3v) is 5.32. The van der Waals surface area contributed by atoms with Gasteiger partial charge in [0.15, 0.2) is 0 Å². The van der Waals surface area contributed by atoms with Crippen LogP contribution in [0.1, 0.15) is 30.9 Å². The number of carbonyl (C=O) groups is 1. The number of benzene rings is 2. The number of hydrazone groups is 1. The molecule has 0 atom stereocenters. The molecule has 0 unspecified atom stereocenters. The van der Waals surface area contributed by atoms with Gasteiger partial charge < -0.3 is 19.7 Å². The summed E-state index contributed by atoms with van der Waals surface area (Å²) in [7, 11) is 3.31. The molecule has 0 aliphatic carbocycles. The number of likely N-dealkylation sites (tertiary alicyclic amines) is 1. The van der Waals surface area contributed by atoms with Gasteiger partial charge in [-0.05, 0) is 42.8 Å². The van der Waals surface area contributed by atoms with E-state index in [1.165, 1.54) is 31.5 Å². The van der Waals surface area contributed by atoms with Crippen molar-refractivity contribution in [2.45, 2.75) is 26.3 Å². The lowest BCUT2D eigenvalue weighted by Gasteiger charge is -2.15. The van der Waals surface area contributed by atoms with Gasteiger partial charge in [0.2, 0.25) is 0 Å². The van der Waals surface area contributed by atoms with Crippen molar-refractivity contribution in [2.24, 2.45) is 5.10 Å². The van der Waals surface area contributed by atoms with Crippen LogP contribution in [0.15, 0.2) is 47.6 Å². The average molecular weight is 412 g/mol. The number of anilines is 1. The summed E-state index contributed by atoms with van der Waals surface area (Å²) >= 11 is 0. The third kappa shape index (κ3) is 5.97. The van der Waals surface area contributed by atoms with Crippen LogP contribution in [0.2, 0.25) is 0 Å². The Balaban J connectivity index is 1.59. The maximum absolute atomic E-state index is 12.2. The lowest BCUT2D eigenvalue weighted by Crippen LogP contribution is -3.08. The minimum atomic E-state index is -0.215. The number of amides is 1. The van der Waals surface area contributed by atoms with Crippen molar-refractivity contribution in [2.75, 3.05) is 39.2 Å². The van der Waals surface area contributed by atoms with Crippen LogP contribution in [0.4, 0.5) is 5.69 Å². The Morgan fingerprint density at radius 2 is 1.90 bits per heavy atom. The molecule has 0 saturated carbocycles. The van der Waals surface area contributed by atoms with Gasteiger partial charge in [-0.1, -0.05) is 6.07 Å².